The molecule has 1 N–H and O–H groups in total. The molecule has 1 aliphatic heterocycles. The zero-order valence-corrected chi connectivity index (χ0v) is 17.7. The predicted molar refractivity (Wildman–Crippen MR) is 111 cm³/mol. The number of benzene rings is 2. The lowest BCUT2D eigenvalue weighted by atomic mass is 10.0. The van der Waals surface area contributed by atoms with Gasteiger partial charge in [0.1, 0.15) is 5.75 Å². The molecule has 2 aromatic carbocycles. The molecule has 0 saturated carbocycles. The van der Waals surface area contributed by atoms with E-state index in [0.717, 1.165) is 11.6 Å². The van der Waals surface area contributed by atoms with E-state index < -0.39 is 14.9 Å². The van der Waals surface area contributed by atoms with Crippen LogP contribution in [-0.4, -0.2) is 58.2 Å². The largest absolute Gasteiger partial charge is 0.497 e. The maximum absolute atomic E-state index is 12.9. The minimum absolute atomic E-state index is 0.0906. The third-order valence-corrected chi connectivity index (χ3v) is 6.69. The van der Waals surface area contributed by atoms with E-state index in [1.54, 1.807) is 14.0 Å². The van der Waals surface area contributed by atoms with E-state index in [1.807, 2.05) is 24.3 Å². The Morgan fingerprint density at radius 2 is 1.87 bits per heavy atom. The average Bonchev–Trinajstić information content (AvgIpc) is 2.75. The molecule has 30 heavy (non-hydrogen) atoms. The summed E-state index contributed by atoms with van der Waals surface area (Å²) in [5.41, 5.74) is 1.12. The minimum Gasteiger partial charge on any atom is -0.497 e. The highest BCUT2D eigenvalue weighted by molar-refractivity contribution is 7.89. The summed E-state index contributed by atoms with van der Waals surface area (Å²) < 4.78 is 39.2. The summed E-state index contributed by atoms with van der Waals surface area (Å²) in [7, 11) is -2.35. The Balaban J connectivity index is 1.85. The second kappa shape index (κ2) is 9.52. The van der Waals surface area contributed by atoms with Crippen LogP contribution in [-0.2, 0) is 14.8 Å². The molecule has 0 bridgehead atoms. The van der Waals surface area contributed by atoms with Gasteiger partial charge in [-0.25, -0.2) is 13.1 Å². The van der Waals surface area contributed by atoms with Gasteiger partial charge in [0.25, 0.3) is 5.69 Å². The predicted octanol–water partition coefficient (Wildman–Crippen LogP) is 2.26. The third-order valence-electron chi connectivity index (χ3n) is 5.13. The number of nitrogens with zero attached hydrogens (tertiary/aromatic N) is 2. The second-order valence-corrected chi connectivity index (χ2v) is 8.73. The summed E-state index contributed by atoms with van der Waals surface area (Å²) in [5.74, 6) is 0.715. The van der Waals surface area contributed by atoms with Crippen molar-refractivity contribution in [3.05, 3.63) is 63.7 Å². The van der Waals surface area contributed by atoms with Crippen molar-refractivity contribution in [3.8, 4) is 5.75 Å². The monoisotopic (exact) mass is 435 g/mol. The van der Waals surface area contributed by atoms with Crippen molar-refractivity contribution in [2.24, 2.45) is 0 Å². The quantitative estimate of drug-likeness (QED) is 0.500. The van der Waals surface area contributed by atoms with Crippen LogP contribution in [0.25, 0.3) is 0 Å². The number of rotatable bonds is 8. The van der Waals surface area contributed by atoms with E-state index in [9.17, 15) is 18.5 Å². The molecular weight excluding hydrogens is 410 g/mol. The fraction of sp³-hybridized carbons (Fsp3) is 0.400. The molecule has 1 saturated heterocycles. The Morgan fingerprint density at radius 1 is 1.20 bits per heavy atom. The minimum atomic E-state index is -3.94. The Labute approximate surface area is 175 Å². The van der Waals surface area contributed by atoms with Gasteiger partial charge in [-0.1, -0.05) is 18.2 Å². The molecule has 1 aliphatic rings. The van der Waals surface area contributed by atoms with Crippen molar-refractivity contribution < 1.29 is 22.8 Å². The fourth-order valence-corrected chi connectivity index (χ4v) is 4.73. The van der Waals surface area contributed by atoms with E-state index >= 15 is 0 Å². The van der Waals surface area contributed by atoms with Crippen molar-refractivity contribution in [2.45, 2.75) is 17.9 Å². The van der Waals surface area contributed by atoms with Crippen LogP contribution in [0.2, 0.25) is 0 Å². The molecule has 0 aromatic heterocycles. The fourth-order valence-electron chi connectivity index (χ4n) is 3.43. The zero-order valence-electron chi connectivity index (χ0n) is 16.9. The number of nitro groups is 1. The van der Waals surface area contributed by atoms with Gasteiger partial charge in [0.2, 0.25) is 10.0 Å². The first-order valence-electron chi connectivity index (χ1n) is 9.52. The van der Waals surface area contributed by atoms with E-state index in [2.05, 4.69) is 9.62 Å². The maximum atomic E-state index is 12.9. The van der Waals surface area contributed by atoms with Crippen LogP contribution in [0.4, 0.5) is 5.69 Å². The molecule has 0 amide bonds. The average molecular weight is 436 g/mol. The molecule has 0 spiro atoms. The summed E-state index contributed by atoms with van der Waals surface area (Å²) in [5, 5.41) is 11.1. The number of nitrogens with one attached hydrogen (secondary N) is 1. The lowest BCUT2D eigenvalue weighted by molar-refractivity contribution is -0.385. The number of non-ortho nitro benzene ring substituents is 1. The Kier molecular flexibility index (Phi) is 7.03. The highest BCUT2D eigenvalue weighted by Crippen LogP contribution is 2.26. The molecule has 2 aromatic rings. The van der Waals surface area contributed by atoms with Gasteiger partial charge < -0.3 is 9.47 Å². The number of sulfonamides is 1. The van der Waals surface area contributed by atoms with Crippen LogP contribution in [0, 0.1) is 17.0 Å². The van der Waals surface area contributed by atoms with Gasteiger partial charge in [-0.15, -0.1) is 0 Å². The second-order valence-electron chi connectivity index (χ2n) is 7.00. The van der Waals surface area contributed by atoms with Crippen LogP contribution in [0.15, 0.2) is 47.4 Å². The van der Waals surface area contributed by atoms with Crippen molar-refractivity contribution in [1.82, 2.24) is 9.62 Å². The van der Waals surface area contributed by atoms with Crippen LogP contribution in [0.5, 0.6) is 5.75 Å². The van der Waals surface area contributed by atoms with E-state index in [4.69, 9.17) is 9.47 Å². The van der Waals surface area contributed by atoms with Crippen LogP contribution >= 0.6 is 0 Å². The van der Waals surface area contributed by atoms with Crippen LogP contribution in [0.1, 0.15) is 17.2 Å². The first kappa shape index (κ1) is 22.2. The summed E-state index contributed by atoms with van der Waals surface area (Å²) >= 11 is 0. The molecule has 1 unspecified atom stereocenters. The van der Waals surface area contributed by atoms with Crippen LogP contribution < -0.4 is 9.46 Å². The van der Waals surface area contributed by atoms with E-state index in [0.29, 0.717) is 37.6 Å². The number of aryl methyl sites for hydroxylation is 1. The molecule has 9 nitrogen and oxygen atoms in total. The number of hydrogen-bond donors (Lipinski definition) is 1. The van der Waals surface area contributed by atoms with Gasteiger partial charge in [-0.3, -0.25) is 15.0 Å². The van der Waals surface area contributed by atoms with Gasteiger partial charge in [0.05, 0.1) is 30.1 Å². The maximum Gasteiger partial charge on any atom is 0.270 e. The van der Waals surface area contributed by atoms with Crippen molar-refractivity contribution in [2.75, 3.05) is 40.0 Å². The lowest BCUT2D eigenvalue weighted by Crippen LogP contribution is -2.43. The van der Waals surface area contributed by atoms with Crippen molar-refractivity contribution in [3.63, 3.8) is 0 Å². The van der Waals surface area contributed by atoms with Gasteiger partial charge in [0.15, 0.2) is 0 Å². The number of nitro benzene ring substituents is 1. The normalized spacial score (nSPS) is 16.2. The standard InChI is InChI=1S/C20H25N3O6S/c1-15-3-6-17(23(24)25)13-20(15)30(26,27)21-14-19(22-9-11-29-12-10-22)16-4-7-18(28-2)8-5-16/h3-8,13,19,21H,9-12,14H2,1-2H3. The summed E-state index contributed by atoms with van der Waals surface area (Å²) in [6.45, 7) is 4.23. The molecule has 3 rings (SSSR count). The Morgan fingerprint density at radius 3 is 2.47 bits per heavy atom. The molecular formula is C20H25N3O6S. The zero-order chi connectivity index (χ0) is 21.7. The van der Waals surface area contributed by atoms with Gasteiger partial charge in [-0.2, -0.15) is 0 Å². The van der Waals surface area contributed by atoms with Crippen LogP contribution in [0.3, 0.4) is 0 Å². The first-order chi connectivity index (χ1) is 14.3. The van der Waals surface area contributed by atoms with E-state index in [1.165, 1.54) is 12.1 Å². The highest BCUT2D eigenvalue weighted by atomic mass is 32.2. The van der Waals surface area contributed by atoms with E-state index in [-0.39, 0.29) is 23.2 Å². The Bertz CT molecular complexity index is 988. The molecule has 0 radical (unpaired) electrons. The SMILES string of the molecule is COc1ccc(C(CNS(=O)(=O)c2cc([N+](=O)[O-])ccc2C)N2CCOCC2)cc1. The molecule has 0 aliphatic carbocycles. The molecule has 10 heteroatoms. The number of methoxy groups -OCH3 is 1. The molecule has 1 heterocycles. The Hall–Kier alpha value is -2.53. The number of ether oxygens (including phenoxy) is 2. The van der Waals surface area contributed by atoms with Crippen molar-refractivity contribution >= 4 is 15.7 Å². The topological polar surface area (TPSA) is 111 Å². The lowest BCUT2D eigenvalue weighted by Gasteiger charge is -2.35. The molecule has 1 fully saturated rings. The van der Waals surface area contributed by atoms with Crippen molar-refractivity contribution in [1.29, 1.82) is 0 Å². The van der Waals surface area contributed by atoms with Gasteiger partial charge in [-0.05, 0) is 30.2 Å². The number of hydrogen-bond acceptors (Lipinski definition) is 7. The summed E-state index contributed by atoms with van der Waals surface area (Å²) in [6, 6.07) is 11.1. The van der Waals surface area contributed by atoms with Gasteiger partial charge in [0, 0.05) is 37.8 Å². The third kappa shape index (κ3) is 5.14. The highest BCUT2D eigenvalue weighted by Gasteiger charge is 2.26. The first-order valence-corrected chi connectivity index (χ1v) is 11.0. The molecule has 162 valence electrons. The number of morpholine rings is 1. The summed E-state index contributed by atoms with van der Waals surface area (Å²) in [4.78, 5) is 12.5. The molecule has 1 atom stereocenters. The summed E-state index contributed by atoms with van der Waals surface area (Å²) in [6.07, 6.45) is 0. The smallest absolute Gasteiger partial charge is 0.270 e. The van der Waals surface area contributed by atoms with Gasteiger partial charge >= 0.3 is 0 Å².